The van der Waals surface area contributed by atoms with Gasteiger partial charge in [-0.25, -0.2) is 4.79 Å². The number of aromatic amines is 1. The van der Waals surface area contributed by atoms with E-state index in [9.17, 15) is 14.4 Å². The summed E-state index contributed by atoms with van der Waals surface area (Å²) < 4.78 is 0. The van der Waals surface area contributed by atoms with E-state index in [-0.39, 0.29) is 22.6 Å². The van der Waals surface area contributed by atoms with Gasteiger partial charge in [-0.2, -0.15) is 0 Å². The highest BCUT2D eigenvalue weighted by atomic mass is 16.4. The second-order valence-electron chi connectivity index (χ2n) is 4.45. The van der Waals surface area contributed by atoms with E-state index in [4.69, 9.17) is 5.11 Å². The largest absolute Gasteiger partial charge is 0.478 e. The number of carbonyl (C=O) groups is 2. The van der Waals surface area contributed by atoms with Gasteiger partial charge < -0.3 is 15.4 Å². The van der Waals surface area contributed by atoms with Crippen LogP contribution in [0.5, 0.6) is 0 Å². The number of carboxylic acid groups (broad SMARTS) is 1. The molecule has 21 heavy (non-hydrogen) atoms. The van der Waals surface area contributed by atoms with Crippen molar-refractivity contribution in [3.8, 4) is 0 Å². The van der Waals surface area contributed by atoms with Crippen LogP contribution < -0.4 is 10.9 Å². The molecule has 0 aliphatic carbocycles. The standard InChI is InChI=1S/C15H14N2O4/c18-13-9-11(5-7-16-13)14(19)17-6-4-10-2-1-3-12(8-10)15(20)21/h1-3,5,7-9H,4,6H2,(H,16,18)(H,17,19)(H,20,21). The molecule has 1 aromatic carbocycles. The van der Waals surface area contributed by atoms with E-state index in [0.717, 1.165) is 5.56 Å². The number of nitrogens with one attached hydrogen (secondary N) is 2. The predicted molar refractivity (Wildman–Crippen MR) is 76.5 cm³/mol. The van der Waals surface area contributed by atoms with Gasteiger partial charge in [-0.15, -0.1) is 0 Å². The molecule has 0 atom stereocenters. The number of carboxylic acids is 1. The van der Waals surface area contributed by atoms with E-state index in [0.29, 0.717) is 13.0 Å². The number of hydrogen-bond donors (Lipinski definition) is 3. The minimum absolute atomic E-state index is 0.216. The zero-order valence-corrected chi connectivity index (χ0v) is 11.1. The van der Waals surface area contributed by atoms with Crippen molar-refractivity contribution in [2.45, 2.75) is 6.42 Å². The van der Waals surface area contributed by atoms with Crippen molar-refractivity contribution in [2.75, 3.05) is 6.54 Å². The molecule has 2 rings (SSSR count). The van der Waals surface area contributed by atoms with Gasteiger partial charge in [0.2, 0.25) is 5.56 Å². The van der Waals surface area contributed by atoms with Crippen LogP contribution in [0.2, 0.25) is 0 Å². The van der Waals surface area contributed by atoms with Crippen molar-refractivity contribution in [3.63, 3.8) is 0 Å². The molecule has 2 aromatic rings. The van der Waals surface area contributed by atoms with Gasteiger partial charge in [0.05, 0.1) is 5.56 Å². The van der Waals surface area contributed by atoms with Crippen LogP contribution in [0.25, 0.3) is 0 Å². The van der Waals surface area contributed by atoms with Gasteiger partial charge in [0.1, 0.15) is 0 Å². The third-order valence-corrected chi connectivity index (χ3v) is 2.91. The van der Waals surface area contributed by atoms with Crippen LogP contribution in [0.4, 0.5) is 0 Å². The quantitative estimate of drug-likeness (QED) is 0.764. The van der Waals surface area contributed by atoms with Crippen molar-refractivity contribution >= 4 is 11.9 Å². The third-order valence-electron chi connectivity index (χ3n) is 2.91. The van der Waals surface area contributed by atoms with Gasteiger partial charge in [-0.05, 0) is 30.2 Å². The monoisotopic (exact) mass is 286 g/mol. The van der Waals surface area contributed by atoms with E-state index in [1.165, 1.54) is 24.4 Å². The Morgan fingerprint density at radius 3 is 2.67 bits per heavy atom. The van der Waals surface area contributed by atoms with Gasteiger partial charge in [0.25, 0.3) is 5.91 Å². The zero-order valence-electron chi connectivity index (χ0n) is 11.1. The minimum Gasteiger partial charge on any atom is -0.478 e. The van der Waals surface area contributed by atoms with Crippen LogP contribution in [0.1, 0.15) is 26.3 Å². The lowest BCUT2D eigenvalue weighted by Gasteiger charge is -2.06. The maximum atomic E-state index is 11.8. The van der Waals surface area contributed by atoms with Crippen molar-refractivity contribution in [1.29, 1.82) is 0 Å². The Morgan fingerprint density at radius 2 is 1.95 bits per heavy atom. The summed E-state index contributed by atoms with van der Waals surface area (Å²) >= 11 is 0. The number of amides is 1. The predicted octanol–water partition coefficient (Wildman–Crippen LogP) is 1.05. The summed E-state index contributed by atoms with van der Waals surface area (Å²) in [5.74, 6) is -1.32. The molecule has 3 N–H and O–H groups in total. The second kappa shape index (κ2) is 6.51. The molecule has 0 saturated heterocycles. The average molecular weight is 286 g/mol. The summed E-state index contributed by atoms with van der Waals surface area (Å²) in [5.41, 5.74) is 0.990. The highest BCUT2D eigenvalue weighted by Crippen LogP contribution is 2.05. The Labute approximate surface area is 120 Å². The fourth-order valence-corrected chi connectivity index (χ4v) is 1.87. The molecule has 0 saturated carbocycles. The van der Waals surface area contributed by atoms with E-state index in [2.05, 4.69) is 10.3 Å². The molecular formula is C15H14N2O4. The first-order valence-corrected chi connectivity index (χ1v) is 6.35. The lowest BCUT2D eigenvalue weighted by atomic mass is 10.1. The van der Waals surface area contributed by atoms with Crippen LogP contribution >= 0.6 is 0 Å². The SMILES string of the molecule is O=C(O)c1cccc(CCNC(=O)c2cc[nH]c(=O)c2)c1. The number of H-pyrrole nitrogens is 1. The average Bonchev–Trinajstić information content (AvgIpc) is 2.47. The summed E-state index contributed by atoms with van der Waals surface area (Å²) in [7, 11) is 0. The molecule has 0 aliphatic heterocycles. The molecule has 108 valence electrons. The fraction of sp³-hybridized carbons (Fsp3) is 0.133. The molecule has 0 unspecified atom stereocenters. The van der Waals surface area contributed by atoms with Gasteiger partial charge in [-0.1, -0.05) is 12.1 Å². The van der Waals surface area contributed by atoms with E-state index >= 15 is 0 Å². The lowest BCUT2D eigenvalue weighted by Crippen LogP contribution is -2.26. The summed E-state index contributed by atoms with van der Waals surface area (Å²) in [6.07, 6.45) is 1.92. The van der Waals surface area contributed by atoms with Crippen molar-refractivity contribution in [2.24, 2.45) is 0 Å². The molecule has 1 heterocycles. The Morgan fingerprint density at radius 1 is 1.14 bits per heavy atom. The first-order valence-electron chi connectivity index (χ1n) is 6.35. The van der Waals surface area contributed by atoms with Crippen LogP contribution in [-0.2, 0) is 6.42 Å². The summed E-state index contributed by atoms with van der Waals surface area (Å²) in [4.78, 5) is 36.2. The Kier molecular flexibility index (Phi) is 4.50. The molecule has 0 spiro atoms. The fourth-order valence-electron chi connectivity index (χ4n) is 1.87. The van der Waals surface area contributed by atoms with Crippen molar-refractivity contribution in [3.05, 3.63) is 69.6 Å². The van der Waals surface area contributed by atoms with Crippen LogP contribution in [0.15, 0.2) is 47.4 Å². The van der Waals surface area contributed by atoms with Gasteiger partial charge in [0.15, 0.2) is 0 Å². The molecular weight excluding hydrogens is 272 g/mol. The van der Waals surface area contributed by atoms with Crippen LogP contribution in [0.3, 0.4) is 0 Å². The third kappa shape index (κ3) is 4.04. The first kappa shape index (κ1) is 14.5. The highest BCUT2D eigenvalue weighted by Gasteiger charge is 2.06. The Bertz CT molecular complexity index is 721. The van der Waals surface area contributed by atoms with E-state index in [1.807, 2.05) is 0 Å². The molecule has 1 amide bonds. The van der Waals surface area contributed by atoms with Crippen LogP contribution in [0, 0.1) is 0 Å². The van der Waals surface area contributed by atoms with Gasteiger partial charge in [0, 0.05) is 24.4 Å². The second-order valence-corrected chi connectivity index (χ2v) is 4.45. The molecule has 6 heteroatoms. The topological polar surface area (TPSA) is 99.3 Å². The minimum atomic E-state index is -0.982. The van der Waals surface area contributed by atoms with Gasteiger partial charge in [-0.3, -0.25) is 9.59 Å². The highest BCUT2D eigenvalue weighted by molar-refractivity contribution is 5.93. The Hall–Kier alpha value is -2.89. The number of aromatic carboxylic acids is 1. The molecule has 0 aliphatic rings. The maximum absolute atomic E-state index is 11.8. The molecule has 0 fully saturated rings. The first-order chi connectivity index (χ1) is 10.1. The zero-order chi connectivity index (χ0) is 15.2. The number of hydrogen-bond acceptors (Lipinski definition) is 3. The maximum Gasteiger partial charge on any atom is 0.335 e. The summed E-state index contributed by atoms with van der Waals surface area (Å²) in [6, 6.07) is 9.29. The summed E-state index contributed by atoms with van der Waals surface area (Å²) in [6.45, 7) is 0.356. The molecule has 1 aromatic heterocycles. The lowest BCUT2D eigenvalue weighted by molar-refractivity contribution is 0.0696. The number of aromatic nitrogens is 1. The molecule has 0 bridgehead atoms. The van der Waals surface area contributed by atoms with Crippen molar-refractivity contribution in [1.82, 2.24) is 10.3 Å². The number of pyridine rings is 1. The Balaban J connectivity index is 1.92. The van der Waals surface area contributed by atoms with E-state index in [1.54, 1.807) is 18.2 Å². The van der Waals surface area contributed by atoms with Crippen molar-refractivity contribution < 1.29 is 14.7 Å². The molecule has 6 nitrogen and oxygen atoms in total. The smallest absolute Gasteiger partial charge is 0.335 e. The number of rotatable bonds is 5. The normalized spacial score (nSPS) is 10.1. The number of benzene rings is 1. The summed E-state index contributed by atoms with van der Waals surface area (Å²) in [5, 5.41) is 11.6. The van der Waals surface area contributed by atoms with Crippen LogP contribution in [-0.4, -0.2) is 28.5 Å². The number of carbonyl (C=O) groups excluding carboxylic acids is 1. The van der Waals surface area contributed by atoms with Gasteiger partial charge >= 0.3 is 5.97 Å². The molecule has 0 radical (unpaired) electrons. The van der Waals surface area contributed by atoms with E-state index < -0.39 is 5.97 Å².